The van der Waals surface area contributed by atoms with E-state index in [-0.39, 0.29) is 30.0 Å². The molecule has 1 aliphatic heterocycles. The Kier molecular flexibility index (Phi) is 4.55. The summed E-state index contributed by atoms with van der Waals surface area (Å²) in [4.78, 5) is 12.5. The first kappa shape index (κ1) is 20.0. The van der Waals surface area contributed by atoms with Crippen molar-refractivity contribution in [2.45, 2.75) is 65.3 Å². The number of aryl methyl sites for hydroxylation is 1. The van der Waals surface area contributed by atoms with Crippen LogP contribution in [0, 0.1) is 16.6 Å². The zero-order valence-electron chi connectivity index (χ0n) is 17.0. The Bertz CT molecular complexity index is 933. The highest BCUT2D eigenvalue weighted by molar-refractivity contribution is 5.95. The number of hydrogen-bond acceptors (Lipinski definition) is 2. The smallest absolute Gasteiger partial charge is 0.249 e. The standard InChI is InChI=1S/C22H26F3N3O/c1-20(2,3)11-17(29)26-19-18(14-4-6-15(23)7-5-14)16-10-21(8-9-28(16)27-19)12-22(24,25)13-21/h4-7H,8-13H2,1-3H3,(H,26,27,29). The molecule has 2 aliphatic rings. The maximum absolute atomic E-state index is 13.6. The van der Waals surface area contributed by atoms with Gasteiger partial charge in [-0.1, -0.05) is 32.9 Å². The topological polar surface area (TPSA) is 46.9 Å². The van der Waals surface area contributed by atoms with Crippen molar-refractivity contribution in [2.75, 3.05) is 5.32 Å². The summed E-state index contributed by atoms with van der Waals surface area (Å²) in [6.07, 6.45) is 1.24. The molecule has 1 aliphatic carbocycles. The molecular formula is C22H26F3N3O. The molecule has 2 heterocycles. The van der Waals surface area contributed by atoms with E-state index in [0.717, 1.165) is 11.3 Å². The zero-order valence-corrected chi connectivity index (χ0v) is 17.0. The molecule has 1 aromatic carbocycles. The van der Waals surface area contributed by atoms with Crippen LogP contribution in [0.25, 0.3) is 11.1 Å². The maximum atomic E-state index is 13.6. The number of hydrogen-bond donors (Lipinski definition) is 1. The summed E-state index contributed by atoms with van der Waals surface area (Å²) in [5.74, 6) is -2.68. The molecule has 1 saturated carbocycles. The lowest BCUT2D eigenvalue weighted by Gasteiger charge is -2.49. The van der Waals surface area contributed by atoms with E-state index in [4.69, 9.17) is 0 Å². The molecule has 2 aromatic rings. The highest BCUT2D eigenvalue weighted by atomic mass is 19.3. The van der Waals surface area contributed by atoms with Crippen LogP contribution >= 0.6 is 0 Å². The molecular weight excluding hydrogens is 379 g/mol. The highest BCUT2D eigenvalue weighted by Gasteiger charge is 2.57. The van der Waals surface area contributed by atoms with Gasteiger partial charge in [0.05, 0.1) is 0 Å². The first-order valence-electron chi connectivity index (χ1n) is 9.99. The molecule has 0 saturated heterocycles. The van der Waals surface area contributed by atoms with E-state index < -0.39 is 11.3 Å². The van der Waals surface area contributed by atoms with Crippen LogP contribution in [0.15, 0.2) is 24.3 Å². The Morgan fingerprint density at radius 3 is 2.45 bits per heavy atom. The van der Waals surface area contributed by atoms with Gasteiger partial charge in [-0.3, -0.25) is 9.48 Å². The minimum absolute atomic E-state index is 0.111. The lowest BCUT2D eigenvalue weighted by Crippen LogP contribution is -2.50. The Balaban J connectivity index is 1.71. The SMILES string of the molecule is CC(C)(C)CC(=O)Nc1nn2c(c1-c1ccc(F)cc1)CC1(CC2)CC(F)(F)C1. The normalized spacial score (nSPS) is 19.5. The van der Waals surface area contributed by atoms with E-state index in [2.05, 4.69) is 10.4 Å². The van der Waals surface area contributed by atoms with Gasteiger partial charge in [0.15, 0.2) is 5.82 Å². The van der Waals surface area contributed by atoms with E-state index in [0.29, 0.717) is 37.2 Å². The zero-order chi connectivity index (χ0) is 21.0. The van der Waals surface area contributed by atoms with Gasteiger partial charge in [0.1, 0.15) is 5.82 Å². The minimum atomic E-state index is -2.60. The summed E-state index contributed by atoms with van der Waals surface area (Å²) in [5, 5.41) is 7.49. The van der Waals surface area contributed by atoms with Gasteiger partial charge in [0, 0.05) is 37.1 Å². The molecule has 0 bridgehead atoms. The Morgan fingerprint density at radius 1 is 1.21 bits per heavy atom. The number of rotatable bonds is 3. The average molecular weight is 405 g/mol. The summed E-state index contributed by atoms with van der Waals surface area (Å²) >= 11 is 0. The second-order valence-corrected chi connectivity index (χ2v) is 9.82. The van der Waals surface area contributed by atoms with Gasteiger partial charge in [-0.15, -0.1) is 0 Å². The molecule has 1 fully saturated rings. The van der Waals surface area contributed by atoms with Crippen LogP contribution < -0.4 is 5.32 Å². The fourth-order valence-corrected chi connectivity index (χ4v) is 4.66. The molecule has 29 heavy (non-hydrogen) atoms. The number of carbonyl (C=O) groups excluding carboxylic acids is 1. The molecule has 1 aromatic heterocycles. The average Bonchev–Trinajstić information content (AvgIpc) is 2.89. The molecule has 4 rings (SSSR count). The number of nitrogens with one attached hydrogen (secondary N) is 1. The van der Waals surface area contributed by atoms with Crippen molar-refractivity contribution in [1.82, 2.24) is 9.78 Å². The van der Waals surface area contributed by atoms with Crippen molar-refractivity contribution in [3.8, 4) is 11.1 Å². The Labute approximate surface area is 168 Å². The second-order valence-electron chi connectivity index (χ2n) is 9.82. The lowest BCUT2D eigenvalue weighted by molar-refractivity contribution is -0.168. The third-order valence-corrected chi connectivity index (χ3v) is 5.80. The van der Waals surface area contributed by atoms with Crippen LogP contribution in [0.2, 0.25) is 0 Å². The van der Waals surface area contributed by atoms with Gasteiger partial charge in [0.25, 0.3) is 0 Å². The number of nitrogens with zero attached hydrogens (tertiary/aromatic N) is 2. The highest BCUT2D eigenvalue weighted by Crippen LogP contribution is 2.58. The number of aromatic nitrogens is 2. The van der Waals surface area contributed by atoms with Crippen molar-refractivity contribution in [3.05, 3.63) is 35.8 Å². The van der Waals surface area contributed by atoms with Crippen LogP contribution in [0.3, 0.4) is 0 Å². The summed E-state index contributed by atoms with van der Waals surface area (Å²) < 4.78 is 42.5. The summed E-state index contributed by atoms with van der Waals surface area (Å²) in [6, 6.07) is 6.00. The molecule has 0 unspecified atom stereocenters. The van der Waals surface area contributed by atoms with Gasteiger partial charge in [-0.05, 0) is 41.4 Å². The monoisotopic (exact) mass is 405 g/mol. The van der Waals surface area contributed by atoms with E-state index in [1.165, 1.54) is 12.1 Å². The molecule has 7 heteroatoms. The van der Waals surface area contributed by atoms with Crippen molar-refractivity contribution in [3.63, 3.8) is 0 Å². The first-order chi connectivity index (χ1) is 13.5. The number of alkyl halides is 2. The molecule has 156 valence electrons. The third-order valence-electron chi connectivity index (χ3n) is 5.80. The Hall–Kier alpha value is -2.31. The quantitative estimate of drug-likeness (QED) is 0.741. The van der Waals surface area contributed by atoms with E-state index in [1.807, 2.05) is 25.5 Å². The number of fused-ring (bicyclic) bond motifs is 1. The van der Waals surface area contributed by atoms with Gasteiger partial charge < -0.3 is 5.32 Å². The van der Waals surface area contributed by atoms with Gasteiger partial charge in [0.2, 0.25) is 11.8 Å². The van der Waals surface area contributed by atoms with E-state index in [1.54, 1.807) is 12.1 Å². The van der Waals surface area contributed by atoms with Crippen molar-refractivity contribution in [2.24, 2.45) is 10.8 Å². The molecule has 1 spiro atoms. The van der Waals surface area contributed by atoms with Crippen molar-refractivity contribution < 1.29 is 18.0 Å². The van der Waals surface area contributed by atoms with Gasteiger partial charge in [-0.2, -0.15) is 5.10 Å². The molecule has 1 amide bonds. The summed E-state index contributed by atoms with van der Waals surface area (Å²) in [6.45, 7) is 6.47. The number of amides is 1. The van der Waals surface area contributed by atoms with Gasteiger partial charge >= 0.3 is 0 Å². The van der Waals surface area contributed by atoms with Crippen LogP contribution in [-0.4, -0.2) is 21.6 Å². The number of anilines is 1. The predicted octanol–water partition coefficient (Wildman–Crippen LogP) is 5.43. The van der Waals surface area contributed by atoms with E-state index >= 15 is 0 Å². The third kappa shape index (κ3) is 4.05. The number of halogens is 3. The van der Waals surface area contributed by atoms with E-state index in [9.17, 15) is 18.0 Å². The number of benzene rings is 1. The largest absolute Gasteiger partial charge is 0.309 e. The fourth-order valence-electron chi connectivity index (χ4n) is 4.66. The predicted molar refractivity (Wildman–Crippen MR) is 105 cm³/mol. The second kappa shape index (κ2) is 6.61. The van der Waals surface area contributed by atoms with Crippen LogP contribution in [0.4, 0.5) is 19.0 Å². The summed E-state index contributed by atoms with van der Waals surface area (Å²) in [7, 11) is 0. The van der Waals surface area contributed by atoms with Crippen LogP contribution in [-0.2, 0) is 17.8 Å². The Morgan fingerprint density at radius 2 is 1.86 bits per heavy atom. The van der Waals surface area contributed by atoms with Crippen molar-refractivity contribution >= 4 is 11.7 Å². The molecule has 1 N–H and O–H groups in total. The fraction of sp³-hybridized carbons (Fsp3) is 0.545. The summed E-state index contributed by atoms with van der Waals surface area (Å²) in [5.41, 5.74) is 1.68. The van der Waals surface area contributed by atoms with Crippen LogP contribution in [0.5, 0.6) is 0 Å². The molecule has 0 radical (unpaired) electrons. The van der Waals surface area contributed by atoms with Crippen LogP contribution in [0.1, 0.15) is 52.1 Å². The number of carbonyl (C=O) groups is 1. The molecule has 0 atom stereocenters. The lowest BCUT2D eigenvalue weighted by atomic mass is 9.60. The maximum Gasteiger partial charge on any atom is 0.249 e. The van der Waals surface area contributed by atoms with Gasteiger partial charge in [-0.25, -0.2) is 13.2 Å². The van der Waals surface area contributed by atoms with Crippen molar-refractivity contribution in [1.29, 1.82) is 0 Å². The first-order valence-corrected chi connectivity index (χ1v) is 9.99. The minimum Gasteiger partial charge on any atom is -0.309 e. The molecule has 4 nitrogen and oxygen atoms in total.